The smallest absolute Gasteiger partial charge is 0.228 e. The summed E-state index contributed by atoms with van der Waals surface area (Å²) in [6, 6.07) is 12.1. The monoisotopic (exact) mass is 385 g/mol. The average Bonchev–Trinajstić information content (AvgIpc) is 3.22. The third kappa shape index (κ3) is 3.18. The lowest BCUT2D eigenvalue weighted by Gasteiger charge is -2.20. The molecule has 5 heteroatoms. The Morgan fingerprint density at radius 2 is 2.04 bits per heavy atom. The van der Waals surface area contributed by atoms with Crippen molar-refractivity contribution in [3.63, 3.8) is 0 Å². The second-order valence-corrected chi connectivity index (χ2v) is 7.48. The number of benzene rings is 1. The van der Waals surface area contributed by atoms with Gasteiger partial charge in [0, 0.05) is 29.7 Å². The van der Waals surface area contributed by atoms with Crippen LogP contribution in [0.2, 0.25) is 0 Å². The van der Waals surface area contributed by atoms with Gasteiger partial charge in [-0.1, -0.05) is 28.1 Å². The van der Waals surface area contributed by atoms with E-state index >= 15 is 0 Å². The molecule has 1 aromatic heterocycles. The molecular formula is C19H20BrN3O. The summed E-state index contributed by atoms with van der Waals surface area (Å²) >= 11 is 3.50. The normalized spacial score (nSPS) is 22.5. The molecule has 2 unspecified atom stereocenters. The van der Waals surface area contributed by atoms with Gasteiger partial charge in [0.05, 0.1) is 5.69 Å². The van der Waals surface area contributed by atoms with E-state index in [-0.39, 0.29) is 11.8 Å². The lowest BCUT2D eigenvalue weighted by Crippen LogP contribution is -2.23. The Bertz CT molecular complexity index is 758. The molecule has 0 bridgehead atoms. The molecule has 1 N–H and O–H groups in total. The first-order valence-corrected chi connectivity index (χ1v) is 9.28. The summed E-state index contributed by atoms with van der Waals surface area (Å²) < 4.78 is 1.06. The predicted molar refractivity (Wildman–Crippen MR) is 99.3 cm³/mol. The highest BCUT2D eigenvalue weighted by atomic mass is 79.9. The largest absolute Gasteiger partial charge is 0.355 e. The highest BCUT2D eigenvalue weighted by molar-refractivity contribution is 9.10. The van der Waals surface area contributed by atoms with Crippen LogP contribution in [0.1, 0.15) is 30.7 Å². The zero-order valence-corrected chi connectivity index (χ0v) is 15.0. The molecule has 1 aliphatic heterocycles. The van der Waals surface area contributed by atoms with E-state index in [1.54, 1.807) is 6.20 Å². The van der Waals surface area contributed by atoms with Crippen molar-refractivity contribution < 1.29 is 4.79 Å². The predicted octanol–water partition coefficient (Wildman–Crippen LogP) is 4.19. The maximum absolute atomic E-state index is 12.6. The average molecular weight is 386 g/mol. The molecule has 124 valence electrons. The van der Waals surface area contributed by atoms with Gasteiger partial charge in [-0.15, -0.1) is 0 Å². The Morgan fingerprint density at radius 1 is 1.21 bits per heavy atom. The molecule has 1 aromatic carbocycles. The molecule has 2 aliphatic rings. The number of rotatable bonds is 4. The SMILES string of the molecule is O=C(Nc1cccnc1N1CCCC1)C1CC1c1cccc(Br)c1. The van der Waals surface area contributed by atoms with Gasteiger partial charge in [0.2, 0.25) is 5.91 Å². The molecule has 1 saturated heterocycles. The number of nitrogens with zero attached hydrogens (tertiary/aromatic N) is 2. The summed E-state index contributed by atoms with van der Waals surface area (Å²) in [5, 5.41) is 3.11. The Kier molecular flexibility index (Phi) is 4.27. The van der Waals surface area contributed by atoms with E-state index in [0.717, 1.165) is 35.5 Å². The van der Waals surface area contributed by atoms with E-state index < -0.39 is 0 Å². The number of carbonyl (C=O) groups excluding carboxylic acids is 1. The van der Waals surface area contributed by atoms with Gasteiger partial charge in [0.25, 0.3) is 0 Å². The van der Waals surface area contributed by atoms with E-state index in [9.17, 15) is 4.79 Å². The summed E-state index contributed by atoms with van der Waals surface area (Å²) in [5.41, 5.74) is 2.07. The van der Waals surface area contributed by atoms with Crippen LogP contribution in [-0.2, 0) is 4.79 Å². The first kappa shape index (κ1) is 15.6. The van der Waals surface area contributed by atoms with Gasteiger partial charge < -0.3 is 10.2 Å². The fourth-order valence-corrected chi connectivity index (χ4v) is 3.91. The number of nitrogens with one attached hydrogen (secondary N) is 1. The highest BCUT2D eigenvalue weighted by Gasteiger charge is 2.44. The van der Waals surface area contributed by atoms with Crippen molar-refractivity contribution in [2.75, 3.05) is 23.3 Å². The minimum Gasteiger partial charge on any atom is -0.355 e. The molecule has 0 spiro atoms. The summed E-state index contributed by atoms with van der Waals surface area (Å²) in [7, 11) is 0. The number of halogens is 1. The van der Waals surface area contributed by atoms with Crippen LogP contribution in [0, 0.1) is 5.92 Å². The lowest BCUT2D eigenvalue weighted by atomic mass is 10.1. The molecule has 1 amide bonds. The van der Waals surface area contributed by atoms with E-state index in [0.29, 0.717) is 5.92 Å². The maximum Gasteiger partial charge on any atom is 0.228 e. The fourth-order valence-electron chi connectivity index (χ4n) is 3.49. The third-order valence-electron chi connectivity index (χ3n) is 4.85. The summed E-state index contributed by atoms with van der Waals surface area (Å²) in [6.45, 7) is 2.04. The molecule has 2 atom stereocenters. The second-order valence-electron chi connectivity index (χ2n) is 6.56. The van der Waals surface area contributed by atoms with Crippen LogP contribution in [0.5, 0.6) is 0 Å². The van der Waals surface area contributed by atoms with Crippen molar-refractivity contribution in [2.24, 2.45) is 5.92 Å². The Labute approximate surface area is 150 Å². The molecular weight excluding hydrogens is 366 g/mol. The molecule has 4 nitrogen and oxygen atoms in total. The van der Waals surface area contributed by atoms with Gasteiger partial charge in [0.15, 0.2) is 5.82 Å². The van der Waals surface area contributed by atoms with E-state index in [2.05, 4.69) is 43.3 Å². The first-order valence-electron chi connectivity index (χ1n) is 8.48. The van der Waals surface area contributed by atoms with Crippen LogP contribution in [0.15, 0.2) is 47.1 Å². The molecule has 2 heterocycles. The molecule has 2 aromatic rings. The molecule has 0 radical (unpaired) electrons. The topological polar surface area (TPSA) is 45.2 Å². The van der Waals surface area contributed by atoms with E-state index in [4.69, 9.17) is 0 Å². The zero-order chi connectivity index (χ0) is 16.5. The van der Waals surface area contributed by atoms with Crippen LogP contribution in [0.4, 0.5) is 11.5 Å². The summed E-state index contributed by atoms with van der Waals surface area (Å²) in [4.78, 5) is 19.4. The van der Waals surface area contributed by atoms with E-state index in [1.807, 2.05) is 24.3 Å². The van der Waals surface area contributed by atoms with Gasteiger partial charge >= 0.3 is 0 Å². The minimum absolute atomic E-state index is 0.0611. The van der Waals surface area contributed by atoms with Crippen molar-refractivity contribution in [3.05, 3.63) is 52.6 Å². The number of aromatic nitrogens is 1. The highest BCUT2D eigenvalue weighted by Crippen LogP contribution is 2.48. The quantitative estimate of drug-likeness (QED) is 0.857. The van der Waals surface area contributed by atoms with Crippen molar-refractivity contribution >= 4 is 33.3 Å². The van der Waals surface area contributed by atoms with Crippen molar-refractivity contribution in [3.8, 4) is 0 Å². The fraction of sp³-hybridized carbons (Fsp3) is 0.368. The van der Waals surface area contributed by atoms with Gasteiger partial charge in [-0.25, -0.2) is 4.98 Å². The van der Waals surface area contributed by atoms with Crippen molar-refractivity contribution in [1.82, 2.24) is 4.98 Å². The summed E-state index contributed by atoms with van der Waals surface area (Å²) in [5.74, 6) is 1.40. The Hall–Kier alpha value is -1.88. The lowest BCUT2D eigenvalue weighted by molar-refractivity contribution is -0.117. The van der Waals surface area contributed by atoms with Crippen LogP contribution in [-0.4, -0.2) is 24.0 Å². The number of carbonyl (C=O) groups is 1. The third-order valence-corrected chi connectivity index (χ3v) is 5.35. The molecule has 24 heavy (non-hydrogen) atoms. The number of pyridine rings is 1. The minimum atomic E-state index is 0.0611. The Morgan fingerprint density at radius 3 is 2.83 bits per heavy atom. The van der Waals surface area contributed by atoms with Crippen LogP contribution < -0.4 is 10.2 Å². The molecule has 2 fully saturated rings. The van der Waals surface area contributed by atoms with Gasteiger partial charge in [-0.05, 0) is 55.0 Å². The van der Waals surface area contributed by atoms with Crippen molar-refractivity contribution in [2.45, 2.75) is 25.2 Å². The van der Waals surface area contributed by atoms with Crippen molar-refractivity contribution in [1.29, 1.82) is 0 Å². The van der Waals surface area contributed by atoms with Gasteiger partial charge in [-0.3, -0.25) is 4.79 Å². The maximum atomic E-state index is 12.6. The Balaban J connectivity index is 1.46. The molecule has 1 saturated carbocycles. The number of hydrogen-bond donors (Lipinski definition) is 1. The number of hydrogen-bond acceptors (Lipinski definition) is 3. The molecule has 4 rings (SSSR count). The van der Waals surface area contributed by atoms with Gasteiger partial charge in [-0.2, -0.15) is 0 Å². The van der Waals surface area contributed by atoms with E-state index in [1.165, 1.54) is 18.4 Å². The van der Waals surface area contributed by atoms with Crippen LogP contribution >= 0.6 is 15.9 Å². The zero-order valence-electron chi connectivity index (χ0n) is 13.4. The van der Waals surface area contributed by atoms with Crippen LogP contribution in [0.25, 0.3) is 0 Å². The summed E-state index contributed by atoms with van der Waals surface area (Å²) in [6.07, 6.45) is 5.10. The van der Waals surface area contributed by atoms with Gasteiger partial charge in [0.1, 0.15) is 0 Å². The van der Waals surface area contributed by atoms with Crippen LogP contribution in [0.3, 0.4) is 0 Å². The molecule has 1 aliphatic carbocycles. The standard InChI is InChI=1S/C19H20BrN3O/c20-14-6-3-5-13(11-14)15-12-16(15)19(24)22-17-7-4-8-21-18(17)23-9-1-2-10-23/h3-8,11,15-16H,1-2,9-10,12H2,(H,22,24). The number of amides is 1. The first-order chi connectivity index (χ1) is 11.7. The number of anilines is 2. The second kappa shape index (κ2) is 6.55.